The van der Waals surface area contributed by atoms with Crippen LogP contribution in [0.1, 0.15) is 54.9 Å². The molecule has 3 atom stereocenters. The molecule has 1 aromatic heterocycles. The largest absolute Gasteiger partial charge is 0.477 e. The van der Waals surface area contributed by atoms with Crippen LogP contribution in [0.4, 0.5) is 14.9 Å². The molecular weight excluding hydrogens is 579 g/mol. The van der Waals surface area contributed by atoms with Gasteiger partial charge in [0.2, 0.25) is 17.2 Å². The topological polar surface area (TPSA) is 153 Å². The van der Waals surface area contributed by atoms with Crippen LogP contribution in [0.2, 0.25) is 0 Å². The highest BCUT2D eigenvalue weighted by Crippen LogP contribution is 2.38. The number of rotatable bonds is 10. The molecule has 1 saturated carbocycles. The van der Waals surface area contributed by atoms with E-state index in [1.165, 1.54) is 6.20 Å². The SMILES string of the molecule is O=C(CCCC[C@@H]1SC[C@@H]2NC(=O)N[C@@H]21)NCC(=O)N1CCN(c2cc3c(cc2F)c(=O)c(C(=O)O)cn3C2CC2)CC1. The molecular formula is C29H35FN6O6S. The summed E-state index contributed by atoms with van der Waals surface area (Å²) < 4.78 is 17.0. The Bertz CT molecular complexity index is 1520. The number of halogens is 1. The fourth-order valence-electron chi connectivity index (χ4n) is 6.25. The number of amides is 4. The predicted octanol–water partition coefficient (Wildman–Crippen LogP) is 1.66. The van der Waals surface area contributed by atoms with Crippen LogP contribution in [0.5, 0.6) is 0 Å². The van der Waals surface area contributed by atoms with Gasteiger partial charge in [0, 0.05) is 61.2 Å². The average molecular weight is 615 g/mol. The van der Waals surface area contributed by atoms with Gasteiger partial charge in [-0.1, -0.05) is 6.42 Å². The number of carbonyl (C=O) groups excluding carboxylic acids is 3. The molecule has 43 heavy (non-hydrogen) atoms. The summed E-state index contributed by atoms with van der Waals surface area (Å²) in [4.78, 5) is 64.4. The number of carbonyl (C=O) groups is 4. The Labute approximate surface area is 251 Å². The summed E-state index contributed by atoms with van der Waals surface area (Å²) in [5, 5.41) is 18.5. The number of unbranched alkanes of at least 4 members (excludes halogenated alkanes) is 1. The van der Waals surface area contributed by atoms with E-state index in [4.69, 9.17) is 0 Å². The number of nitrogens with zero attached hydrogens (tertiary/aromatic N) is 3. The maximum absolute atomic E-state index is 15.2. The Kier molecular flexibility index (Phi) is 8.21. The number of fused-ring (bicyclic) bond motifs is 2. The fourth-order valence-corrected chi connectivity index (χ4v) is 7.80. The minimum atomic E-state index is -1.33. The minimum absolute atomic E-state index is 0.0447. The Morgan fingerprint density at radius 2 is 1.84 bits per heavy atom. The van der Waals surface area contributed by atoms with Crippen molar-refractivity contribution in [3.05, 3.63) is 39.9 Å². The quantitative estimate of drug-likeness (QED) is 0.233. The molecule has 4 aliphatic rings. The number of anilines is 1. The maximum Gasteiger partial charge on any atom is 0.341 e. The standard InChI is InChI=1S/C29H35FN6O6S/c30-19-11-17-21(36(16-5-6-16)14-18(27(17)39)28(40)41)12-22(19)34-7-9-35(10-8-34)25(38)13-31-24(37)4-2-1-3-23-26-20(15-43-23)32-29(42)33-26/h11-12,14,16,20,23,26H,1-10,13,15H2,(H,31,37)(H,40,41)(H2,32,33,42)/t20-,23-,26-/m0/s1. The first-order valence-electron chi connectivity index (χ1n) is 14.8. The van der Waals surface area contributed by atoms with Crippen LogP contribution < -0.4 is 26.3 Å². The van der Waals surface area contributed by atoms with Gasteiger partial charge < -0.3 is 35.4 Å². The lowest BCUT2D eigenvalue weighted by atomic mass is 10.0. The molecule has 0 radical (unpaired) electrons. The second kappa shape index (κ2) is 12.1. The number of aromatic nitrogens is 1. The van der Waals surface area contributed by atoms with Crippen molar-refractivity contribution >= 4 is 52.2 Å². The zero-order valence-electron chi connectivity index (χ0n) is 23.6. The third-order valence-electron chi connectivity index (χ3n) is 8.76. The van der Waals surface area contributed by atoms with Crippen molar-refractivity contribution in [2.24, 2.45) is 0 Å². The number of urea groups is 1. The molecule has 4 N–H and O–H groups in total. The van der Waals surface area contributed by atoms with Crippen molar-refractivity contribution in [3.63, 3.8) is 0 Å². The van der Waals surface area contributed by atoms with Crippen molar-refractivity contribution in [1.29, 1.82) is 0 Å². The van der Waals surface area contributed by atoms with E-state index in [9.17, 15) is 29.1 Å². The number of piperazine rings is 1. The molecule has 4 heterocycles. The first-order chi connectivity index (χ1) is 20.7. The molecule has 4 amide bonds. The van der Waals surface area contributed by atoms with E-state index in [2.05, 4.69) is 16.0 Å². The zero-order valence-corrected chi connectivity index (χ0v) is 24.5. The fraction of sp³-hybridized carbons (Fsp3) is 0.552. The van der Waals surface area contributed by atoms with Crippen molar-refractivity contribution < 1.29 is 28.7 Å². The molecule has 1 aromatic carbocycles. The van der Waals surface area contributed by atoms with E-state index in [0.29, 0.717) is 55.5 Å². The van der Waals surface area contributed by atoms with Crippen LogP contribution in [-0.2, 0) is 9.59 Å². The lowest BCUT2D eigenvalue weighted by Gasteiger charge is -2.36. The lowest BCUT2D eigenvalue weighted by molar-refractivity contribution is -0.133. The molecule has 2 aromatic rings. The van der Waals surface area contributed by atoms with Crippen molar-refractivity contribution in [3.8, 4) is 0 Å². The van der Waals surface area contributed by atoms with Gasteiger partial charge in [0.15, 0.2) is 0 Å². The van der Waals surface area contributed by atoms with E-state index >= 15 is 4.39 Å². The molecule has 0 unspecified atom stereocenters. The third kappa shape index (κ3) is 6.15. The highest BCUT2D eigenvalue weighted by Gasteiger charge is 2.42. The van der Waals surface area contributed by atoms with Crippen LogP contribution >= 0.6 is 11.8 Å². The predicted molar refractivity (Wildman–Crippen MR) is 159 cm³/mol. The molecule has 3 aliphatic heterocycles. The van der Waals surface area contributed by atoms with Gasteiger partial charge in [-0.25, -0.2) is 14.0 Å². The molecule has 3 saturated heterocycles. The first kappa shape index (κ1) is 29.3. The second-order valence-electron chi connectivity index (χ2n) is 11.6. The highest BCUT2D eigenvalue weighted by molar-refractivity contribution is 8.00. The van der Waals surface area contributed by atoms with Gasteiger partial charge in [0.05, 0.1) is 29.8 Å². The van der Waals surface area contributed by atoms with Crippen LogP contribution in [0, 0.1) is 5.82 Å². The van der Waals surface area contributed by atoms with Gasteiger partial charge in [0.1, 0.15) is 11.4 Å². The van der Waals surface area contributed by atoms with Crippen LogP contribution in [0.15, 0.2) is 23.1 Å². The van der Waals surface area contributed by atoms with Gasteiger partial charge in [-0.3, -0.25) is 14.4 Å². The van der Waals surface area contributed by atoms with Gasteiger partial charge in [-0.05, 0) is 37.8 Å². The van der Waals surface area contributed by atoms with Gasteiger partial charge in [0.25, 0.3) is 0 Å². The molecule has 0 bridgehead atoms. The van der Waals surface area contributed by atoms with Gasteiger partial charge in [-0.15, -0.1) is 0 Å². The molecule has 6 rings (SSSR count). The number of carboxylic acid groups (broad SMARTS) is 1. The van der Waals surface area contributed by atoms with E-state index in [1.807, 2.05) is 16.7 Å². The number of benzene rings is 1. The molecule has 12 nitrogen and oxygen atoms in total. The number of thioether (sulfide) groups is 1. The number of carboxylic acids is 1. The number of aromatic carboxylic acids is 1. The minimum Gasteiger partial charge on any atom is -0.477 e. The molecule has 230 valence electrons. The summed E-state index contributed by atoms with van der Waals surface area (Å²) in [5.74, 6) is -1.42. The monoisotopic (exact) mass is 614 g/mol. The van der Waals surface area contributed by atoms with E-state index in [-0.39, 0.29) is 53.5 Å². The smallest absolute Gasteiger partial charge is 0.341 e. The van der Waals surface area contributed by atoms with E-state index in [1.54, 1.807) is 15.5 Å². The summed E-state index contributed by atoms with van der Waals surface area (Å²) in [6.07, 6.45) is 5.90. The Hall–Kier alpha value is -3.81. The summed E-state index contributed by atoms with van der Waals surface area (Å²) in [6, 6.07) is 3.04. The van der Waals surface area contributed by atoms with Crippen LogP contribution in [0.25, 0.3) is 10.9 Å². The second-order valence-corrected chi connectivity index (χ2v) is 12.9. The molecule has 4 fully saturated rings. The van der Waals surface area contributed by atoms with Crippen molar-refractivity contribution in [2.45, 2.75) is 61.9 Å². The Balaban J connectivity index is 0.976. The molecule has 14 heteroatoms. The van der Waals surface area contributed by atoms with Gasteiger partial charge in [-0.2, -0.15) is 11.8 Å². The van der Waals surface area contributed by atoms with E-state index in [0.717, 1.165) is 37.5 Å². The highest BCUT2D eigenvalue weighted by atomic mass is 32.2. The number of nitrogens with one attached hydrogen (secondary N) is 3. The summed E-state index contributed by atoms with van der Waals surface area (Å²) >= 11 is 1.85. The van der Waals surface area contributed by atoms with Crippen LogP contribution in [0.3, 0.4) is 0 Å². The Morgan fingerprint density at radius 3 is 2.56 bits per heavy atom. The van der Waals surface area contributed by atoms with Crippen molar-refractivity contribution in [2.75, 3.05) is 43.4 Å². The average Bonchev–Trinajstić information content (AvgIpc) is 3.67. The number of hydrogen-bond donors (Lipinski definition) is 4. The summed E-state index contributed by atoms with van der Waals surface area (Å²) in [5.41, 5.74) is -0.263. The first-order valence-corrected chi connectivity index (χ1v) is 15.8. The van der Waals surface area contributed by atoms with E-state index < -0.39 is 17.2 Å². The molecule has 1 aliphatic carbocycles. The van der Waals surface area contributed by atoms with Crippen LogP contribution in [-0.4, -0.2) is 94.2 Å². The lowest BCUT2D eigenvalue weighted by Crippen LogP contribution is -2.51. The molecule has 0 spiro atoms. The summed E-state index contributed by atoms with van der Waals surface area (Å²) in [6.45, 7) is 1.36. The number of pyridine rings is 1. The summed E-state index contributed by atoms with van der Waals surface area (Å²) in [7, 11) is 0. The maximum atomic E-state index is 15.2. The van der Waals surface area contributed by atoms with Crippen molar-refractivity contribution in [1.82, 2.24) is 25.4 Å². The number of hydrogen-bond acceptors (Lipinski definition) is 7. The normalized spacial score (nSPS) is 23.2. The van der Waals surface area contributed by atoms with Gasteiger partial charge >= 0.3 is 12.0 Å². The third-order valence-corrected chi connectivity index (χ3v) is 10.3. The Morgan fingerprint density at radius 1 is 1.07 bits per heavy atom. The zero-order chi connectivity index (χ0) is 30.2.